The third-order valence-corrected chi connectivity index (χ3v) is 3.78. The Morgan fingerprint density at radius 3 is 2.73 bits per heavy atom. The van der Waals surface area contributed by atoms with Gasteiger partial charge in [0.25, 0.3) is 5.56 Å². The van der Waals surface area contributed by atoms with Gasteiger partial charge in [-0.3, -0.25) is 18.9 Å². The van der Waals surface area contributed by atoms with Crippen LogP contribution in [0.3, 0.4) is 0 Å². The smallest absolute Gasteiger partial charge is 0.348 e. The van der Waals surface area contributed by atoms with Crippen LogP contribution in [0.1, 0.15) is 11.8 Å². The Balaban J connectivity index is 2.36. The van der Waals surface area contributed by atoms with Gasteiger partial charge in [-0.15, -0.1) is 0 Å². The van der Waals surface area contributed by atoms with Gasteiger partial charge in [0.2, 0.25) is 0 Å². The predicted octanol–water partition coefficient (Wildman–Crippen LogP) is -1.84. The molecule has 1 aliphatic rings. The van der Waals surface area contributed by atoms with E-state index in [9.17, 15) is 24.4 Å². The molecule has 1 aromatic rings. The molecule has 0 aliphatic carbocycles. The first-order valence-electron chi connectivity index (χ1n) is 6.13. The van der Waals surface area contributed by atoms with E-state index in [2.05, 4.69) is 0 Å². The van der Waals surface area contributed by atoms with Crippen molar-refractivity contribution in [2.24, 2.45) is 0 Å². The molecule has 10 nitrogen and oxygen atoms in total. The van der Waals surface area contributed by atoms with Gasteiger partial charge >= 0.3 is 13.3 Å². The Labute approximate surface area is 123 Å². The van der Waals surface area contributed by atoms with Crippen molar-refractivity contribution < 1.29 is 29.3 Å². The average Bonchev–Trinajstić information content (AvgIpc) is 2.69. The van der Waals surface area contributed by atoms with Crippen LogP contribution in [-0.4, -0.2) is 47.9 Å². The molecule has 1 aliphatic heterocycles. The van der Waals surface area contributed by atoms with Crippen LogP contribution in [0.15, 0.2) is 27.7 Å². The lowest BCUT2D eigenvalue weighted by Gasteiger charge is -2.23. The van der Waals surface area contributed by atoms with Crippen molar-refractivity contribution in [3.8, 4) is 0 Å². The zero-order valence-electron chi connectivity index (χ0n) is 11.4. The molecule has 5 N–H and O–H groups in total. The zero-order chi connectivity index (χ0) is 16.7. The van der Waals surface area contributed by atoms with Crippen LogP contribution >= 0.6 is 7.60 Å². The molecule has 0 spiro atoms. The fourth-order valence-electron chi connectivity index (χ4n) is 2.02. The number of aliphatic hydroxyl groups excluding tert-OH is 1. The Hall–Kier alpha value is -1.55. The molecule has 0 amide bonds. The number of aliphatic hydroxyl groups is 2. The molecule has 122 valence electrons. The zero-order valence-corrected chi connectivity index (χ0v) is 12.3. The van der Waals surface area contributed by atoms with Gasteiger partial charge in [0.1, 0.15) is 11.7 Å². The maximum atomic E-state index is 11.7. The van der Waals surface area contributed by atoms with E-state index in [1.165, 1.54) is 6.92 Å². The van der Waals surface area contributed by atoms with Crippen LogP contribution < -0.4 is 11.2 Å². The first-order valence-corrected chi connectivity index (χ1v) is 7.81. The summed E-state index contributed by atoms with van der Waals surface area (Å²) in [5.41, 5.74) is -3.32. The highest BCUT2D eigenvalue weighted by molar-refractivity contribution is 7.55. The largest absolute Gasteiger partial charge is 0.385 e. The topological polar surface area (TPSA) is 162 Å². The maximum absolute atomic E-state index is 11.7. The standard InChI is InChI=1S/C11H15N2O8P/c1-6-4-13(10(16)12-8(6)15)9-7(14)11(17,5-21-9)2-3-22(18,19)20/h2-4,7,9,14,17H,5H2,1H3,(H,12,15,16)(H2,18,19,20)/b3-2+/t7-,9+,11+/m0/s1. The van der Waals surface area contributed by atoms with Crippen molar-refractivity contribution in [3.05, 3.63) is 44.5 Å². The molecule has 2 heterocycles. The van der Waals surface area contributed by atoms with Gasteiger partial charge in [-0.2, -0.15) is 0 Å². The van der Waals surface area contributed by atoms with Gasteiger partial charge in [0, 0.05) is 17.6 Å². The third kappa shape index (κ3) is 3.27. The van der Waals surface area contributed by atoms with Crippen molar-refractivity contribution in [2.45, 2.75) is 24.9 Å². The third-order valence-electron chi connectivity index (χ3n) is 3.24. The number of aryl methyl sites for hydroxylation is 1. The van der Waals surface area contributed by atoms with Gasteiger partial charge in [-0.05, 0) is 13.0 Å². The molecule has 11 heteroatoms. The van der Waals surface area contributed by atoms with E-state index in [0.717, 1.165) is 16.8 Å². The van der Waals surface area contributed by atoms with Gasteiger partial charge in [0.15, 0.2) is 6.23 Å². The molecule has 0 saturated carbocycles. The van der Waals surface area contributed by atoms with Crippen LogP contribution in [0.2, 0.25) is 0 Å². The summed E-state index contributed by atoms with van der Waals surface area (Å²) in [7, 11) is -4.53. The van der Waals surface area contributed by atoms with Crippen LogP contribution in [0.5, 0.6) is 0 Å². The quantitative estimate of drug-likeness (QED) is 0.403. The molecule has 1 fully saturated rings. The second-order valence-corrected chi connectivity index (χ2v) is 6.50. The molecule has 0 unspecified atom stereocenters. The van der Waals surface area contributed by atoms with E-state index < -0.39 is 43.4 Å². The lowest BCUT2D eigenvalue weighted by Crippen LogP contribution is -2.43. The number of rotatable bonds is 3. The number of nitrogens with one attached hydrogen (secondary N) is 1. The molecule has 1 aromatic heterocycles. The highest BCUT2D eigenvalue weighted by atomic mass is 31.2. The average molecular weight is 334 g/mol. The number of hydrogen-bond donors (Lipinski definition) is 5. The maximum Gasteiger partial charge on any atom is 0.348 e. The number of aromatic nitrogens is 2. The molecule has 22 heavy (non-hydrogen) atoms. The number of ether oxygens (including phenoxy) is 1. The highest BCUT2D eigenvalue weighted by Gasteiger charge is 2.47. The Morgan fingerprint density at radius 1 is 1.50 bits per heavy atom. The number of H-pyrrole nitrogens is 1. The highest BCUT2D eigenvalue weighted by Crippen LogP contribution is 2.39. The van der Waals surface area contributed by atoms with Gasteiger partial charge in [0.05, 0.1) is 6.61 Å². The first-order chi connectivity index (χ1) is 10.0. The summed E-state index contributed by atoms with van der Waals surface area (Å²) in [5.74, 6) is 0.447. The number of nitrogens with zero attached hydrogens (tertiary/aromatic N) is 1. The van der Waals surface area contributed by atoms with Crippen LogP contribution in [0.4, 0.5) is 0 Å². The van der Waals surface area contributed by atoms with Gasteiger partial charge < -0.3 is 24.7 Å². The molecule has 0 radical (unpaired) electrons. The molecular weight excluding hydrogens is 319 g/mol. The minimum Gasteiger partial charge on any atom is -0.385 e. The normalized spacial score (nSPS) is 29.3. The lowest BCUT2D eigenvalue weighted by molar-refractivity contribution is -0.0389. The monoisotopic (exact) mass is 334 g/mol. The SMILES string of the molecule is Cc1cn([C@@H]2OC[C@](O)(/C=C/P(=O)(O)O)[C@H]2O)c(=O)[nH]c1=O. The van der Waals surface area contributed by atoms with E-state index >= 15 is 0 Å². The predicted molar refractivity (Wildman–Crippen MR) is 73.2 cm³/mol. The summed E-state index contributed by atoms with van der Waals surface area (Å²) in [4.78, 5) is 42.6. The van der Waals surface area contributed by atoms with Crippen molar-refractivity contribution in [3.63, 3.8) is 0 Å². The Kier molecular flexibility index (Phi) is 4.26. The summed E-state index contributed by atoms with van der Waals surface area (Å²) in [6.07, 6.45) is -1.08. The molecule has 1 saturated heterocycles. The number of hydrogen-bond acceptors (Lipinski definition) is 6. The summed E-state index contributed by atoms with van der Waals surface area (Å²) in [5, 5.41) is 20.3. The Morgan fingerprint density at radius 2 is 2.14 bits per heavy atom. The van der Waals surface area contributed by atoms with Crippen LogP contribution in [0, 0.1) is 6.92 Å². The minimum atomic E-state index is -4.53. The first kappa shape index (κ1) is 16.8. The molecule has 3 atom stereocenters. The molecule has 0 bridgehead atoms. The number of aromatic amines is 1. The van der Waals surface area contributed by atoms with Crippen molar-refractivity contribution in [2.75, 3.05) is 6.61 Å². The van der Waals surface area contributed by atoms with E-state index in [1.54, 1.807) is 0 Å². The van der Waals surface area contributed by atoms with Crippen LogP contribution in [0.25, 0.3) is 0 Å². The van der Waals surface area contributed by atoms with E-state index in [4.69, 9.17) is 14.5 Å². The van der Waals surface area contributed by atoms with Gasteiger partial charge in [-0.25, -0.2) is 4.79 Å². The van der Waals surface area contributed by atoms with Gasteiger partial charge in [-0.1, -0.05) is 0 Å². The summed E-state index contributed by atoms with van der Waals surface area (Å²) in [6, 6.07) is 0. The van der Waals surface area contributed by atoms with E-state index in [0.29, 0.717) is 5.82 Å². The Bertz CT molecular complexity index is 762. The van der Waals surface area contributed by atoms with E-state index in [-0.39, 0.29) is 5.56 Å². The second kappa shape index (κ2) is 5.58. The second-order valence-electron chi connectivity index (χ2n) is 5.02. The van der Waals surface area contributed by atoms with Crippen molar-refractivity contribution in [1.29, 1.82) is 0 Å². The fourth-order valence-corrected chi connectivity index (χ4v) is 2.48. The van der Waals surface area contributed by atoms with Crippen LogP contribution in [-0.2, 0) is 9.30 Å². The summed E-state index contributed by atoms with van der Waals surface area (Å²) in [6.45, 7) is 0.954. The summed E-state index contributed by atoms with van der Waals surface area (Å²) >= 11 is 0. The molecular formula is C11H15N2O8P. The van der Waals surface area contributed by atoms with Crippen molar-refractivity contribution in [1.82, 2.24) is 9.55 Å². The minimum absolute atomic E-state index is 0.191. The fraction of sp³-hybridized carbons (Fsp3) is 0.455. The summed E-state index contributed by atoms with van der Waals surface area (Å²) < 4.78 is 16.8. The van der Waals surface area contributed by atoms with E-state index in [1.807, 2.05) is 4.98 Å². The molecule has 2 rings (SSSR count). The molecule has 0 aromatic carbocycles. The lowest BCUT2D eigenvalue weighted by atomic mass is 9.99. The van der Waals surface area contributed by atoms with Crippen molar-refractivity contribution >= 4 is 7.60 Å².